The van der Waals surface area contributed by atoms with Crippen LogP contribution in [0.2, 0.25) is 5.15 Å². The summed E-state index contributed by atoms with van der Waals surface area (Å²) >= 11 is 6.14. The molecule has 0 unspecified atom stereocenters. The molecule has 0 amide bonds. The maximum absolute atomic E-state index is 6.14. The highest BCUT2D eigenvalue weighted by molar-refractivity contribution is 6.34. The molecule has 0 spiro atoms. The first-order valence-corrected chi connectivity index (χ1v) is 6.69. The molecular weight excluding hydrogens is 288 g/mol. The van der Waals surface area contributed by atoms with Gasteiger partial charge in [-0.25, -0.2) is 0 Å². The van der Waals surface area contributed by atoms with Gasteiger partial charge in [-0.1, -0.05) is 35.9 Å². The maximum atomic E-state index is 6.14. The summed E-state index contributed by atoms with van der Waals surface area (Å²) in [5.41, 5.74) is 4.75. The van der Waals surface area contributed by atoms with Crippen LogP contribution in [0.5, 0.6) is 0 Å². The third-order valence-corrected chi connectivity index (χ3v) is 3.49. The van der Waals surface area contributed by atoms with Crippen molar-refractivity contribution in [2.75, 3.05) is 5.43 Å². The van der Waals surface area contributed by atoms with Gasteiger partial charge < -0.3 is 0 Å². The van der Waals surface area contributed by atoms with Crippen LogP contribution in [0.25, 0.3) is 21.8 Å². The van der Waals surface area contributed by atoms with Crippen molar-refractivity contribution in [2.45, 2.75) is 0 Å². The van der Waals surface area contributed by atoms with Crippen LogP contribution in [0, 0.1) is 0 Å². The van der Waals surface area contributed by atoms with Gasteiger partial charge in [-0.05, 0) is 29.5 Å². The fourth-order valence-electron chi connectivity index (χ4n) is 2.23. The molecular formula is C14H9ClN6. The van der Waals surface area contributed by atoms with Crippen molar-refractivity contribution in [1.29, 1.82) is 0 Å². The monoisotopic (exact) mass is 296 g/mol. The number of nitrogens with zero attached hydrogens (tertiary/aromatic N) is 5. The summed E-state index contributed by atoms with van der Waals surface area (Å²) < 4.78 is 0. The van der Waals surface area contributed by atoms with E-state index in [2.05, 4.69) is 25.9 Å². The molecule has 0 bridgehead atoms. The Bertz CT molecular complexity index is 943. The Hall–Kier alpha value is -2.73. The van der Waals surface area contributed by atoms with Gasteiger partial charge in [-0.15, -0.1) is 15.3 Å². The predicted molar refractivity (Wildman–Crippen MR) is 81.1 cm³/mol. The number of para-hydroxylation sites is 1. The first kappa shape index (κ1) is 12.0. The lowest BCUT2D eigenvalue weighted by Gasteiger charge is -2.07. The zero-order valence-corrected chi connectivity index (χ0v) is 11.5. The summed E-state index contributed by atoms with van der Waals surface area (Å²) in [6.45, 7) is 0. The summed E-state index contributed by atoms with van der Waals surface area (Å²) in [7, 11) is 0. The van der Waals surface area contributed by atoms with Gasteiger partial charge in [0.05, 0.1) is 11.0 Å². The van der Waals surface area contributed by atoms with Gasteiger partial charge in [-0.2, -0.15) is 4.79 Å². The molecule has 0 radical (unpaired) electrons. The van der Waals surface area contributed by atoms with E-state index >= 15 is 0 Å². The Kier molecular flexibility index (Phi) is 2.68. The molecule has 0 saturated carbocycles. The van der Waals surface area contributed by atoms with E-state index in [4.69, 9.17) is 11.6 Å². The van der Waals surface area contributed by atoms with E-state index in [9.17, 15) is 0 Å². The van der Waals surface area contributed by atoms with E-state index in [1.165, 1.54) is 0 Å². The lowest BCUT2D eigenvalue weighted by atomic mass is 10.2. The summed E-state index contributed by atoms with van der Waals surface area (Å²) in [5.74, 6) is 0.575. The van der Waals surface area contributed by atoms with Crippen molar-refractivity contribution >= 4 is 39.2 Å². The molecule has 0 aliphatic rings. The van der Waals surface area contributed by atoms with Crippen molar-refractivity contribution in [3.8, 4) is 0 Å². The number of rotatable bonds is 2. The number of benzene rings is 2. The van der Waals surface area contributed by atoms with Crippen molar-refractivity contribution in [3.63, 3.8) is 0 Å². The van der Waals surface area contributed by atoms with Crippen molar-refractivity contribution in [1.82, 2.24) is 25.3 Å². The molecule has 2 aromatic heterocycles. The molecule has 102 valence electrons. The second-order valence-corrected chi connectivity index (χ2v) is 4.84. The molecule has 6 nitrogen and oxygen atoms in total. The number of halogens is 1. The zero-order chi connectivity index (χ0) is 14.2. The molecule has 0 atom stereocenters. The summed E-state index contributed by atoms with van der Waals surface area (Å²) in [5, 5.41) is 18.2. The van der Waals surface area contributed by atoms with E-state index < -0.39 is 0 Å². The molecule has 0 saturated heterocycles. The third-order valence-electron chi connectivity index (χ3n) is 3.21. The van der Waals surface area contributed by atoms with Crippen LogP contribution in [-0.2, 0) is 0 Å². The van der Waals surface area contributed by atoms with Gasteiger partial charge in [0.15, 0.2) is 11.0 Å². The van der Waals surface area contributed by atoms with E-state index in [1.807, 2.05) is 48.5 Å². The van der Waals surface area contributed by atoms with E-state index in [-0.39, 0.29) is 0 Å². The van der Waals surface area contributed by atoms with Gasteiger partial charge >= 0.3 is 0 Å². The van der Waals surface area contributed by atoms with Gasteiger partial charge in [0.25, 0.3) is 0 Å². The minimum atomic E-state index is 0.435. The second-order valence-electron chi connectivity index (χ2n) is 4.49. The smallest absolute Gasteiger partial charge is 0.180 e. The Balaban J connectivity index is 1.87. The number of fused-ring (bicyclic) bond motifs is 2. The normalized spacial score (nSPS) is 11.1. The molecule has 0 aliphatic carbocycles. The summed E-state index contributed by atoms with van der Waals surface area (Å²) in [4.78, 5) is 1.59. The Morgan fingerprint density at radius 3 is 2.57 bits per heavy atom. The highest BCUT2D eigenvalue weighted by atomic mass is 35.5. The molecule has 4 aromatic rings. The largest absolute Gasteiger partial charge is 0.259 e. The molecule has 21 heavy (non-hydrogen) atoms. The van der Waals surface area contributed by atoms with Gasteiger partial charge in [-0.3, -0.25) is 5.43 Å². The summed E-state index contributed by atoms with van der Waals surface area (Å²) in [6.07, 6.45) is 0. The van der Waals surface area contributed by atoms with Crippen LogP contribution in [-0.4, -0.2) is 25.3 Å². The molecule has 7 heteroatoms. The maximum Gasteiger partial charge on any atom is 0.180 e. The van der Waals surface area contributed by atoms with Crippen molar-refractivity contribution < 1.29 is 0 Å². The summed E-state index contributed by atoms with van der Waals surface area (Å²) in [6, 6.07) is 15.3. The average Bonchev–Trinajstić information content (AvgIpc) is 2.85. The van der Waals surface area contributed by atoms with E-state index in [0.29, 0.717) is 11.0 Å². The van der Waals surface area contributed by atoms with Crippen LogP contribution in [0.4, 0.5) is 5.82 Å². The fraction of sp³-hybridized carbons (Fsp3) is 0. The van der Waals surface area contributed by atoms with Crippen LogP contribution in [0.1, 0.15) is 0 Å². The van der Waals surface area contributed by atoms with Gasteiger partial charge in [0.1, 0.15) is 0 Å². The fourth-order valence-corrected chi connectivity index (χ4v) is 2.46. The van der Waals surface area contributed by atoms with E-state index in [0.717, 1.165) is 21.8 Å². The van der Waals surface area contributed by atoms with E-state index in [1.54, 1.807) is 4.79 Å². The lowest BCUT2D eigenvalue weighted by Crippen LogP contribution is -2.13. The first-order valence-electron chi connectivity index (χ1n) is 6.31. The van der Waals surface area contributed by atoms with Crippen LogP contribution in [0.15, 0.2) is 48.5 Å². The minimum Gasteiger partial charge on any atom is -0.259 e. The van der Waals surface area contributed by atoms with Crippen LogP contribution >= 0.6 is 11.6 Å². The Labute approximate surface area is 124 Å². The molecule has 4 rings (SSSR count). The quantitative estimate of drug-likeness (QED) is 0.616. The van der Waals surface area contributed by atoms with Crippen LogP contribution in [0.3, 0.4) is 0 Å². The Morgan fingerprint density at radius 1 is 0.905 bits per heavy atom. The Morgan fingerprint density at radius 2 is 1.67 bits per heavy atom. The number of anilines is 1. The number of nitrogens with one attached hydrogen (secondary N) is 1. The molecule has 0 aliphatic heterocycles. The number of hydrogen-bond donors (Lipinski definition) is 1. The van der Waals surface area contributed by atoms with Gasteiger partial charge in [0.2, 0.25) is 0 Å². The topological polar surface area (TPSA) is 68.5 Å². The van der Waals surface area contributed by atoms with Crippen LogP contribution < -0.4 is 5.43 Å². The third kappa shape index (κ3) is 1.96. The molecule has 0 fully saturated rings. The van der Waals surface area contributed by atoms with Crippen molar-refractivity contribution in [2.24, 2.45) is 0 Å². The molecule has 1 N–H and O–H groups in total. The highest BCUT2D eigenvalue weighted by Gasteiger charge is 2.10. The average molecular weight is 297 g/mol. The standard InChI is InChI=1S/C14H9ClN6/c15-13-10-6-2-4-8-12(10)21(18-13)19-14-9-5-1-3-7-11(9)16-20-17-14/h1-8H,(H,16,17,19). The zero-order valence-electron chi connectivity index (χ0n) is 10.7. The second kappa shape index (κ2) is 4.68. The molecule has 2 aromatic carbocycles. The van der Waals surface area contributed by atoms with Gasteiger partial charge in [0, 0.05) is 10.8 Å². The predicted octanol–water partition coefficient (Wildman–Crippen LogP) is 2.90. The minimum absolute atomic E-state index is 0.435. The first-order chi connectivity index (χ1) is 10.3. The molecule has 2 heterocycles. The highest BCUT2D eigenvalue weighted by Crippen LogP contribution is 2.23. The number of hydrogen-bond acceptors (Lipinski definition) is 5. The lowest BCUT2D eigenvalue weighted by molar-refractivity contribution is 0.804. The SMILES string of the molecule is Clc1nn(Nc2nnnc3ccccc23)c2ccccc12. The number of aromatic nitrogens is 5. The van der Waals surface area contributed by atoms with Crippen molar-refractivity contribution in [3.05, 3.63) is 53.7 Å².